The van der Waals surface area contributed by atoms with Gasteiger partial charge in [0.1, 0.15) is 5.82 Å². The lowest BCUT2D eigenvalue weighted by atomic mass is 9.92. The summed E-state index contributed by atoms with van der Waals surface area (Å²) in [6.45, 7) is 3.54. The standard InChI is InChI=1S/C22H29FN2O2/c1-17-15-19(10-11-21(17)23)16-20(22(26)25-27)9-5-6-13-24-14-12-18-7-3-2-4-8-18/h2-4,7-8,10-11,15,20,24,27H,5-6,9,12-14,16H2,1H3,(H,25,26)/t20-/m0/s1. The largest absolute Gasteiger partial charge is 0.316 e. The Morgan fingerprint density at radius 2 is 1.85 bits per heavy atom. The van der Waals surface area contributed by atoms with Crippen LogP contribution in [0.15, 0.2) is 48.5 Å². The van der Waals surface area contributed by atoms with Crippen LogP contribution in [0.3, 0.4) is 0 Å². The minimum Gasteiger partial charge on any atom is -0.316 e. The van der Waals surface area contributed by atoms with E-state index in [1.807, 2.05) is 18.2 Å². The number of nitrogens with one attached hydrogen (secondary N) is 2. The van der Waals surface area contributed by atoms with Crippen LogP contribution in [0.2, 0.25) is 0 Å². The highest BCUT2D eigenvalue weighted by molar-refractivity contribution is 5.77. The molecule has 3 N–H and O–H groups in total. The summed E-state index contributed by atoms with van der Waals surface area (Å²) >= 11 is 0. The molecule has 0 aliphatic heterocycles. The molecular formula is C22H29FN2O2. The van der Waals surface area contributed by atoms with E-state index in [0.29, 0.717) is 18.4 Å². The maximum Gasteiger partial charge on any atom is 0.246 e. The van der Waals surface area contributed by atoms with Crippen molar-refractivity contribution < 1.29 is 14.4 Å². The number of hydroxylamine groups is 1. The summed E-state index contributed by atoms with van der Waals surface area (Å²) in [5.41, 5.74) is 4.55. The molecule has 0 heterocycles. The first kappa shape index (κ1) is 21.1. The lowest BCUT2D eigenvalue weighted by Gasteiger charge is -2.15. The molecule has 0 fully saturated rings. The van der Waals surface area contributed by atoms with Gasteiger partial charge >= 0.3 is 0 Å². The van der Waals surface area contributed by atoms with Gasteiger partial charge in [-0.1, -0.05) is 48.9 Å². The quantitative estimate of drug-likeness (QED) is 0.319. The van der Waals surface area contributed by atoms with Crippen molar-refractivity contribution in [2.75, 3.05) is 13.1 Å². The lowest BCUT2D eigenvalue weighted by Crippen LogP contribution is -2.29. The molecule has 0 spiro atoms. The number of amides is 1. The fourth-order valence-electron chi connectivity index (χ4n) is 3.18. The smallest absolute Gasteiger partial charge is 0.246 e. The molecule has 2 aromatic carbocycles. The third-order valence-electron chi connectivity index (χ3n) is 4.77. The molecule has 2 aromatic rings. The summed E-state index contributed by atoms with van der Waals surface area (Å²) in [6.07, 6.45) is 4.03. The first-order valence-electron chi connectivity index (χ1n) is 9.53. The van der Waals surface area contributed by atoms with Crippen molar-refractivity contribution in [2.45, 2.75) is 39.0 Å². The highest BCUT2D eigenvalue weighted by atomic mass is 19.1. The Hall–Kier alpha value is -2.24. The van der Waals surface area contributed by atoms with Crippen LogP contribution in [-0.4, -0.2) is 24.2 Å². The van der Waals surface area contributed by atoms with E-state index in [1.54, 1.807) is 24.5 Å². The Morgan fingerprint density at radius 1 is 1.07 bits per heavy atom. The molecule has 1 atom stereocenters. The van der Waals surface area contributed by atoms with Crippen LogP contribution in [0.1, 0.15) is 36.0 Å². The predicted molar refractivity (Wildman–Crippen MR) is 105 cm³/mol. The molecule has 0 aliphatic rings. The molecule has 5 heteroatoms. The number of carbonyl (C=O) groups excluding carboxylic acids is 1. The Bertz CT molecular complexity index is 707. The minimum absolute atomic E-state index is 0.247. The summed E-state index contributed by atoms with van der Waals surface area (Å²) in [5, 5.41) is 12.4. The zero-order valence-electron chi connectivity index (χ0n) is 15.9. The summed E-state index contributed by atoms with van der Waals surface area (Å²) in [7, 11) is 0. The zero-order chi connectivity index (χ0) is 19.5. The third kappa shape index (κ3) is 7.49. The van der Waals surface area contributed by atoms with E-state index in [4.69, 9.17) is 5.21 Å². The number of hydrogen-bond donors (Lipinski definition) is 3. The van der Waals surface area contributed by atoms with E-state index in [-0.39, 0.29) is 17.6 Å². The van der Waals surface area contributed by atoms with Crippen molar-refractivity contribution in [2.24, 2.45) is 5.92 Å². The number of carbonyl (C=O) groups is 1. The third-order valence-corrected chi connectivity index (χ3v) is 4.77. The van der Waals surface area contributed by atoms with Gasteiger partial charge in [-0.25, -0.2) is 9.87 Å². The maximum absolute atomic E-state index is 13.4. The van der Waals surface area contributed by atoms with Gasteiger partial charge in [0.2, 0.25) is 5.91 Å². The zero-order valence-corrected chi connectivity index (χ0v) is 15.9. The molecule has 0 aliphatic carbocycles. The van der Waals surface area contributed by atoms with Gasteiger partial charge < -0.3 is 5.32 Å². The van der Waals surface area contributed by atoms with Gasteiger partial charge in [-0.3, -0.25) is 10.0 Å². The van der Waals surface area contributed by atoms with Crippen molar-refractivity contribution in [3.63, 3.8) is 0 Å². The number of benzene rings is 2. The number of hydrogen-bond acceptors (Lipinski definition) is 3. The van der Waals surface area contributed by atoms with Crippen molar-refractivity contribution in [3.8, 4) is 0 Å². The molecule has 0 bridgehead atoms. The van der Waals surface area contributed by atoms with Crippen molar-refractivity contribution >= 4 is 5.91 Å². The van der Waals surface area contributed by atoms with E-state index in [1.165, 1.54) is 11.6 Å². The van der Waals surface area contributed by atoms with E-state index in [9.17, 15) is 9.18 Å². The van der Waals surface area contributed by atoms with Crippen LogP contribution in [0, 0.1) is 18.7 Å². The summed E-state index contributed by atoms with van der Waals surface area (Å²) in [5.74, 6) is -0.943. The molecule has 146 valence electrons. The van der Waals surface area contributed by atoms with Crippen molar-refractivity contribution in [1.82, 2.24) is 10.8 Å². The SMILES string of the molecule is Cc1cc(C[C@H](CCCCNCCc2ccccc2)C(=O)NO)ccc1F. The van der Waals surface area contributed by atoms with Crippen LogP contribution in [-0.2, 0) is 17.6 Å². The lowest BCUT2D eigenvalue weighted by molar-refractivity contribution is -0.133. The number of unbranched alkanes of at least 4 members (excludes halogenated alkanes) is 1. The normalized spacial score (nSPS) is 12.0. The van der Waals surface area contributed by atoms with Crippen LogP contribution in [0.4, 0.5) is 4.39 Å². The monoisotopic (exact) mass is 372 g/mol. The van der Waals surface area contributed by atoms with Crippen LogP contribution < -0.4 is 10.8 Å². The second-order valence-corrected chi connectivity index (χ2v) is 6.94. The first-order valence-corrected chi connectivity index (χ1v) is 9.53. The second-order valence-electron chi connectivity index (χ2n) is 6.94. The fraction of sp³-hybridized carbons (Fsp3) is 0.409. The predicted octanol–water partition coefficient (Wildman–Crippen LogP) is 3.80. The van der Waals surface area contributed by atoms with E-state index < -0.39 is 0 Å². The van der Waals surface area contributed by atoms with Gasteiger partial charge in [-0.2, -0.15) is 0 Å². The highest BCUT2D eigenvalue weighted by Gasteiger charge is 2.18. The summed E-state index contributed by atoms with van der Waals surface area (Å²) in [6, 6.07) is 15.2. The molecule has 0 unspecified atom stereocenters. The van der Waals surface area contributed by atoms with Gasteiger partial charge in [0.05, 0.1) is 0 Å². The molecule has 2 rings (SSSR count). The number of rotatable bonds is 11. The molecule has 4 nitrogen and oxygen atoms in total. The number of aryl methyl sites for hydroxylation is 1. The maximum atomic E-state index is 13.4. The fourth-order valence-corrected chi connectivity index (χ4v) is 3.18. The van der Waals surface area contributed by atoms with E-state index >= 15 is 0 Å². The average Bonchev–Trinajstić information content (AvgIpc) is 2.69. The molecule has 0 saturated carbocycles. The average molecular weight is 372 g/mol. The Kier molecular flexibility index (Phi) is 8.95. The van der Waals surface area contributed by atoms with Crippen LogP contribution in [0.25, 0.3) is 0 Å². The molecular weight excluding hydrogens is 343 g/mol. The number of halogens is 1. The molecule has 0 radical (unpaired) electrons. The topological polar surface area (TPSA) is 61.4 Å². The van der Waals surface area contributed by atoms with Gasteiger partial charge in [-0.05, 0) is 68.5 Å². The van der Waals surface area contributed by atoms with Crippen LogP contribution >= 0.6 is 0 Å². The Labute approximate surface area is 160 Å². The first-order chi connectivity index (χ1) is 13.1. The van der Waals surface area contributed by atoms with E-state index in [2.05, 4.69) is 17.4 Å². The van der Waals surface area contributed by atoms with Gasteiger partial charge in [0, 0.05) is 5.92 Å². The Balaban J connectivity index is 1.69. The highest BCUT2D eigenvalue weighted by Crippen LogP contribution is 2.18. The second kappa shape index (κ2) is 11.5. The summed E-state index contributed by atoms with van der Waals surface area (Å²) in [4.78, 5) is 11.9. The van der Waals surface area contributed by atoms with Gasteiger partial charge in [-0.15, -0.1) is 0 Å². The molecule has 0 saturated heterocycles. The Morgan fingerprint density at radius 3 is 2.56 bits per heavy atom. The van der Waals surface area contributed by atoms with Crippen LogP contribution in [0.5, 0.6) is 0 Å². The molecule has 1 amide bonds. The van der Waals surface area contributed by atoms with Crippen molar-refractivity contribution in [3.05, 3.63) is 71.0 Å². The minimum atomic E-state index is -0.381. The van der Waals surface area contributed by atoms with Gasteiger partial charge in [0.15, 0.2) is 0 Å². The van der Waals surface area contributed by atoms with Gasteiger partial charge in [0.25, 0.3) is 0 Å². The molecule has 0 aromatic heterocycles. The van der Waals surface area contributed by atoms with Crippen molar-refractivity contribution in [1.29, 1.82) is 0 Å². The summed E-state index contributed by atoms with van der Waals surface area (Å²) < 4.78 is 13.4. The van der Waals surface area contributed by atoms with E-state index in [0.717, 1.165) is 37.9 Å². The molecule has 27 heavy (non-hydrogen) atoms.